The van der Waals surface area contributed by atoms with E-state index in [1.807, 2.05) is 18.2 Å². The number of benzene rings is 2. The smallest absolute Gasteiger partial charge is 0.132 e. The Bertz CT molecular complexity index is 1000. The van der Waals surface area contributed by atoms with Crippen LogP contribution in [0.3, 0.4) is 0 Å². The summed E-state index contributed by atoms with van der Waals surface area (Å²) in [7, 11) is 0. The summed E-state index contributed by atoms with van der Waals surface area (Å²) < 4.78 is 20.9. The summed E-state index contributed by atoms with van der Waals surface area (Å²) in [6, 6.07) is 11.3. The Hall–Kier alpha value is -2.29. The lowest BCUT2D eigenvalue weighted by atomic mass is 9.83. The second-order valence-electron chi connectivity index (χ2n) is 10.2. The van der Waals surface area contributed by atoms with Crippen molar-refractivity contribution in [2.24, 2.45) is 0 Å². The van der Waals surface area contributed by atoms with Gasteiger partial charge in [-0.15, -0.1) is 0 Å². The van der Waals surface area contributed by atoms with E-state index < -0.39 is 0 Å². The maximum atomic E-state index is 14.5. The first-order chi connectivity index (χ1) is 15.3. The van der Waals surface area contributed by atoms with Crippen LogP contribution < -0.4 is 4.74 Å². The third-order valence-electron chi connectivity index (χ3n) is 7.48. The first-order valence-corrected chi connectivity index (χ1v) is 12.3. The number of aromatic hydroxyl groups is 1. The van der Waals surface area contributed by atoms with Crippen molar-refractivity contribution in [2.45, 2.75) is 96.5 Å². The van der Waals surface area contributed by atoms with Crippen LogP contribution in [0, 0.1) is 5.82 Å². The summed E-state index contributed by atoms with van der Waals surface area (Å²) >= 11 is 0. The lowest BCUT2D eigenvalue weighted by molar-refractivity contribution is 0.141. The molecule has 2 unspecified atom stereocenters. The third-order valence-corrected chi connectivity index (χ3v) is 7.48. The Kier molecular flexibility index (Phi) is 6.65. The van der Waals surface area contributed by atoms with Crippen molar-refractivity contribution in [1.82, 2.24) is 0 Å². The Morgan fingerprint density at radius 3 is 2.62 bits per heavy atom. The number of fused-ring (bicyclic) bond motifs is 2. The fourth-order valence-electron chi connectivity index (χ4n) is 5.64. The molecule has 32 heavy (non-hydrogen) atoms. The minimum atomic E-state index is -0.316. The van der Waals surface area contributed by atoms with Crippen molar-refractivity contribution in [1.29, 1.82) is 0 Å². The van der Waals surface area contributed by atoms with Gasteiger partial charge in [-0.2, -0.15) is 0 Å². The Morgan fingerprint density at radius 2 is 1.88 bits per heavy atom. The molecular formula is C29H37FO2. The molecule has 0 bridgehead atoms. The quantitative estimate of drug-likeness (QED) is 0.449. The van der Waals surface area contributed by atoms with Gasteiger partial charge >= 0.3 is 0 Å². The average molecular weight is 437 g/mol. The molecule has 1 aliphatic heterocycles. The molecule has 0 fully saturated rings. The van der Waals surface area contributed by atoms with Crippen molar-refractivity contribution in [3.8, 4) is 11.5 Å². The van der Waals surface area contributed by atoms with Crippen LogP contribution >= 0.6 is 0 Å². The molecule has 1 aliphatic carbocycles. The molecular weight excluding hydrogens is 399 g/mol. The van der Waals surface area contributed by atoms with Crippen molar-refractivity contribution in [3.63, 3.8) is 0 Å². The fourth-order valence-corrected chi connectivity index (χ4v) is 5.64. The first-order valence-electron chi connectivity index (χ1n) is 12.3. The predicted molar refractivity (Wildman–Crippen MR) is 130 cm³/mol. The first kappa shape index (κ1) is 22.9. The zero-order valence-electron chi connectivity index (χ0n) is 20.0. The number of phenols is 1. The fraction of sp³-hybridized carbons (Fsp3) is 0.517. The molecule has 0 saturated heterocycles. The van der Waals surface area contributed by atoms with Gasteiger partial charge in [-0.3, -0.25) is 0 Å². The van der Waals surface area contributed by atoms with Crippen LogP contribution in [0.2, 0.25) is 0 Å². The van der Waals surface area contributed by atoms with Gasteiger partial charge in [0.2, 0.25) is 0 Å². The van der Waals surface area contributed by atoms with E-state index >= 15 is 0 Å². The molecule has 0 spiro atoms. The van der Waals surface area contributed by atoms with Crippen LogP contribution in [0.25, 0.3) is 5.57 Å². The number of phenolic OH excluding ortho intramolecular Hbond substituents is 1. The molecule has 1 N–H and O–H groups in total. The Labute approximate surface area is 192 Å². The normalized spacial score (nSPS) is 18.7. The van der Waals surface area contributed by atoms with Gasteiger partial charge in [-0.1, -0.05) is 44.9 Å². The maximum Gasteiger partial charge on any atom is 0.132 e. The van der Waals surface area contributed by atoms with Crippen molar-refractivity contribution in [2.75, 3.05) is 0 Å². The number of hydrogen-bond acceptors (Lipinski definition) is 2. The number of hydrogen-bond donors (Lipinski definition) is 1. The molecule has 2 aromatic carbocycles. The zero-order chi connectivity index (χ0) is 22.9. The topological polar surface area (TPSA) is 29.5 Å². The molecule has 2 aromatic rings. The number of ether oxygens (including phenoxy) is 1. The van der Waals surface area contributed by atoms with Crippen molar-refractivity contribution in [3.05, 3.63) is 64.5 Å². The van der Waals surface area contributed by atoms with Crippen LogP contribution in [0.5, 0.6) is 11.5 Å². The highest BCUT2D eigenvalue weighted by Gasteiger charge is 2.38. The van der Waals surface area contributed by atoms with Gasteiger partial charge in [0.25, 0.3) is 0 Å². The molecule has 2 aliphatic rings. The highest BCUT2D eigenvalue weighted by atomic mass is 19.1. The number of halogens is 1. The molecule has 4 rings (SSSR count). The average Bonchev–Trinajstić information content (AvgIpc) is 3.24. The molecule has 0 aromatic heterocycles. The molecule has 2 atom stereocenters. The van der Waals surface area contributed by atoms with E-state index in [1.54, 1.807) is 12.1 Å². The summed E-state index contributed by atoms with van der Waals surface area (Å²) in [5, 5.41) is 10.9. The number of unbranched alkanes of at least 4 members (excludes halogenated alkanes) is 1. The van der Waals surface area contributed by atoms with E-state index in [1.165, 1.54) is 11.1 Å². The molecule has 1 heterocycles. The van der Waals surface area contributed by atoms with E-state index in [4.69, 9.17) is 4.74 Å². The van der Waals surface area contributed by atoms with E-state index in [2.05, 4.69) is 33.8 Å². The molecule has 0 radical (unpaired) electrons. The minimum Gasteiger partial charge on any atom is -0.507 e. The lowest BCUT2D eigenvalue weighted by Crippen LogP contribution is -2.33. The van der Waals surface area contributed by atoms with Gasteiger partial charge in [-0.05, 0) is 105 Å². The summed E-state index contributed by atoms with van der Waals surface area (Å²) in [5.41, 5.74) is 5.15. The largest absolute Gasteiger partial charge is 0.507 e. The van der Waals surface area contributed by atoms with Gasteiger partial charge in [0.1, 0.15) is 22.9 Å². The second-order valence-corrected chi connectivity index (χ2v) is 10.2. The van der Waals surface area contributed by atoms with E-state index in [-0.39, 0.29) is 23.3 Å². The molecule has 172 valence electrons. The number of allylic oxidation sites excluding steroid dienone is 1. The number of rotatable bonds is 8. The summed E-state index contributed by atoms with van der Waals surface area (Å²) in [6.45, 7) is 8.66. The van der Waals surface area contributed by atoms with E-state index in [0.29, 0.717) is 5.75 Å². The molecule has 0 saturated carbocycles. The van der Waals surface area contributed by atoms with Gasteiger partial charge in [0, 0.05) is 0 Å². The zero-order valence-corrected chi connectivity index (χ0v) is 20.0. The summed E-state index contributed by atoms with van der Waals surface area (Å²) in [6.07, 6.45) is 8.29. The van der Waals surface area contributed by atoms with Gasteiger partial charge < -0.3 is 9.84 Å². The molecule has 0 amide bonds. The molecule has 2 nitrogen and oxygen atoms in total. The van der Waals surface area contributed by atoms with Crippen LogP contribution in [0.1, 0.15) is 108 Å². The van der Waals surface area contributed by atoms with E-state index in [0.717, 1.165) is 73.8 Å². The SMILES string of the molecule is CCCCC(CCC(C)c1cc(O)c2c(c1)OC(C)(C)C1=C2CCC1)c1ccccc1F. The maximum absolute atomic E-state index is 14.5. The highest BCUT2D eigenvalue weighted by Crippen LogP contribution is 2.52. The van der Waals surface area contributed by atoms with Crippen LogP contribution in [-0.4, -0.2) is 10.7 Å². The summed E-state index contributed by atoms with van der Waals surface area (Å²) in [4.78, 5) is 0. The Morgan fingerprint density at radius 1 is 1.09 bits per heavy atom. The summed E-state index contributed by atoms with van der Waals surface area (Å²) in [5.74, 6) is 1.54. The van der Waals surface area contributed by atoms with E-state index in [9.17, 15) is 9.50 Å². The van der Waals surface area contributed by atoms with Gasteiger partial charge in [0.05, 0.1) is 5.56 Å². The van der Waals surface area contributed by atoms with Gasteiger partial charge in [0.15, 0.2) is 0 Å². The Balaban J connectivity index is 1.55. The molecule has 3 heteroatoms. The monoisotopic (exact) mass is 436 g/mol. The van der Waals surface area contributed by atoms with Crippen molar-refractivity contribution < 1.29 is 14.2 Å². The highest BCUT2D eigenvalue weighted by molar-refractivity contribution is 5.82. The van der Waals surface area contributed by atoms with Crippen molar-refractivity contribution >= 4 is 5.57 Å². The third kappa shape index (κ3) is 4.44. The van der Waals surface area contributed by atoms with Crippen LogP contribution in [0.15, 0.2) is 42.0 Å². The predicted octanol–water partition coefficient (Wildman–Crippen LogP) is 8.50. The van der Waals surface area contributed by atoms with Crippen LogP contribution in [-0.2, 0) is 0 Å². The standard InChI is InChI=1S/C29H37FO2/c1-5-6-10-20(22-11-7-8-14-25(22)30)16-15-19(2)21-17-26(31)28-23-12-9-13-24(23)29(3,4)32-27(28)18-21/h7-8,11,14,17-20,31H,5-6,9-10,12-13,15-16H2,1-4H3. The van der Waals surface area contributed by atoms with Crippen LogP contribution in [0.4, 0.5) is 4.39 Å². The van der Waals surface area contributed by atoms with Gasteiger partial charge in [-0.25, -0.2) is 4.39 Å². The minimum absolute atomic E-state index is 0.0936. The lowest BCUT2D eigenvalue weighted by Gasteiger charge is -2.35. The second kappa shape index (κ2) is 9.29.